The van der Waals surface area contributed by atoms with Crippen LogP contribution < -0.4 is 15.5 Å². The number of carboxylic acid groups (broad SMARTS) is 1. The van der Waals surface area contributed by atoms with E-state index >= 15 is 0 Å². The summed E-state index contributed by atoms with van der Waals surface area (Å²) < 4.78 is 59.4. The number of carboxylic acids is 1. The molecular formula is C20H20F5N5O3S. The summed E-state index contributed by atoms with van der Waals surface area (Å²) in [5.41, 5.74) is 1.06. The zero-order valence-electron chi connectivity index (χ0n) is 17.5. The minimum atomic E-state index is -5.08. The van der Waals surface area contributed by atoms with E-state index in [0.29, 0.717) is 5.69 Å². The van der Waals surface area contributed by atoms with Gasteiger partial charge >= 0.3 is 12.1 Å². The Kier molecular flexibility index (Phi) is 8.04. The summed E-state index contributed by atoms with van der Waals surface area (Å²) in [6.45, 7) is 3.59. The van der Waals surface area contributed by atoms with Crippen LogP contribution in [0.25, 0.3) is 5.52 Å². The van der Waals surface area contributed by atoms with Gasteiger partial charge in [-0.05, 0) is 37.2 Å². The molecule has 4 heterocycles. The molecule has 0 spiro atoms. The SMILES string of the molecule is O=C(Nc1cscc1C(F)F)c1ccc2ccc(N3CCCNCC3)nn12.O=C(O)C(F)(F)F. The number of carbonyl (C=O) groups is 2. The summed E-state index contributed by atoms with van der Waals surface area (Å²) in [7, 11) is 0. The third-order valence-electron chi connectivity index (χ3n) is 4.80. The average Bonchev–Trinajstić information content (AvgIpc) is 3.32. The van der Waals surface area contributed by atoms with Crippen LogP contribution in [0, 0.1) is 0 Å². The van der Waals surface area contributed by atoms with Gasteiger partial charge in [-0.3, -0.25) is 4.79 Å². The zero-order valence-corrected chi connectivity index (χ0v) is 18.3. The molecule has 3 aromatic rings. The molecule has 0 unspecified atom stereocenters. The molecule has 0 radical (unpaired) electrons. The first kappa shape index (κ1) is 25.4. The van der Waals surface area contributed by atoms with E-state index in [1.807, 2.05) is 12.1 Å². The van der Waals surface area contributed by atoms with Crippen molar-refractivity contribution in [2.45, 2.75) is 19.0 Å². The summed E-state index contributed by atoms with van der Waals surface area (Å²) in [4.78, 5) is 23.7. The Morgan fingerprint density at radius 2 is 1.82 bits per heavy atom. The van der Waals surface area contributed by atoms with Gasteiger partial charge in [0.1, 0.15) is 11.5 Å². The summed E-state index contributed by atoms with van der Waals surface area (Å²) in [5.74, 6) is -2.43. The molecule has 1 fully saturated rings. The maximum atomic E-state index is 13.0. The van der Waals surface area contributed by atoms with Crippen LogP contribution in [0.4, 0.5) is 33.5 Å². The highest BCUT2D eigenvalue weighted by atomic mass is 32.1. The van der Waals surface area contributed by atoms with Gasteiger partial charge in [-0.1, -0.05) is 0 Å². The second kappa shape index (κ2) is 10.8. The van der Waals surface area contributed by atoms with Crippen molar-refractivity contribution in [3.63, 3.8) is 0 Å². The number of aromatic nitrogens is 2. The van der Waals surface area contributed by atoms with E-state index in [1.54, 1.807) is 16.6 Å². The molecule has 4 rings (SSSR count). The van der Waals surface area contributed by atoms with Crippen molar-refractivity contribution in [2.75, 3.05) is 36.4 Å². The monoisotopic (exact) mass is 505 g/mol. The molecular weight excluding hydrogens is 485 g/mol. The van der Waals surface area contributed by atoms with Gasteiger partial charge in [0, 0.05) is 30.4 Å². The van der Waals surface area contributed by atoms with Gasteiger partial charge < -0.3 is 20.6 Å². The normalized spacial score (nSPS) is 14.5. The van der Waals surface area contributed by atoms with Crippen LogP contribution in [-0.4, -0.2) is 59.0 Å². The molecule has 1 saturated heterocycles. The number of rotatable bonds is 4. The standard InChI is InChI=1S/C18H19F2N5OS.C2HF3O2/c19-17(20)13-10-27-11-14(13)22-18(26)15-4-2-12-3-5-16(23-25(12)15)24-8-1-6-21-7-9-24;3-2(4,5)1(6)7/h2-5,10-11,17,21H,1,6-9H2,(H,22,26);(H,6,7). The van der Waals surface area contributed by atoms with Gasteiger partial charge in [0.05, 0.1) is 16.8 Å². The molecule has 8 nitrogen and oxygen atoms in total. The fourth-order valence-electron chi connectivity index (χ4n) is 3.16. The van der Waals surface area contributed by atoms with Crippen LogP contribution in [0.5, 0.6) is 0 Å². The number of fused-ring (bicyclic) bond motifs is 1. The van der Waals surface area contributed by atoms with Gasteiger partial charge in [0.15, 0.2) is 0 Å². The summed E-state index contributed by atoms with van der Waals surface area (Å²) in [6, 6.07) is 7.29. The van der Waals surface area contributed by atoms with Crippen molar-refractivity contribution in [3.8, 4) is 0 Å². The van der Waals surface area contributed by atoms with Crippen molar-refractivity contribution in [2.24, 2.45) is 0 Å². The van der Waals surface area contributed by atoms with E-state index in [4.69, 9.17) is 9.90 Å². The van der Waals surface area contributed by atoms with Gasteiger partial charge in [0.2, 0.25) is 0 Å². The quantitative estimate of drug-likeness (QED) is 0.464. The van der Waals surface area contributed by atoms with Gasteiger partial charge in [-0.15, -0.1) is 16.4 Å². The Labute approximate surface area is 194 Å². The van der Waals surface area contributed by atoms with Crippen molar-refractivity contribution < 1.29 is 36.6 Å². The molecule has 14 heteroatoms. The lowest BCUT2D eigenvalue weighted by atomic mass is 10.3. The first-order valence-corrected chi connectivity index (χ1v) is 10.9. The van der Waals surface area contributed by atoms with Crippen molar-refractivity contribution in [1.29, 1.82) is 0 Å². The molecule has 34 heavy (non-hydrogen) atoms. The summed E-state index contributed by atoms with van der Waals surface area (Å²) in [6.07, 6.45) is -6.69. The Hall–Kier alpha value is -3.26. The maximum absolute atomic E-state index is 13.0. The predicted molar refractivity (Wildman–Crippen MR) is 116 cm³/mol. The Morgan fingerprint density at radius 3 is 2.50 bits per heavy atom. The second-order valence-electron chi connectivity index (χ2n) is 7.14. The van der Waals surface area contributed by atoms with Crippen molar-refractivity contribution in [1.82, 2.24) is 14.9 Å². The Bertz CT molecular complexity index is 1140. The Morgan fingerprint density at radius 1 is 1.12 bits per heavy atom. The molecule has 0 bridgehead atoms. The van der Waals surface area contributed by atoms with E-state index in [0.717, 1.165) is 55.3 Å². The number of hydrogen-bond donors (Lipinski definition) is 3. The number of halogens is 5. The van der Waals surface area contributed by atoms with Crippen LogP contribution >= 0.6 is 11.3 Å². The second-order valence-corrected chi connectivity index (χ2v) is 7.88. The van der Waals surface area contributed by atoms with Crippen LogP contribution in [0.1, 0.15) is 28.9 Å². The van der Waals surface area contributed by atoms with E-state index in [1.165, 1.54) is 10.8 Å². The minimum Gasteiger partial charge on any atom is -0.475 e. The number of aliphatic carboxylic acids is 1. The fraction of sp³-hybridized carbons (Fsp3) is 0.350. The summed E-state index contributed by atoms with van der Waals surface area (Å²) >= 11 is 1.13. The molecule has 0 atom stereocenters. The zero-order chi connectivity index (χ0) is 24.9. The van der Waals surface area contributed by atoms with Crippen LogP contribution in [0.3, 0.4) is 0 Å². The number of nitrogens with one attached hydrogen (secondary N) is 2. The number of hydrogen-bond acceptors (Lipinski definition) is 6. The maximum Gasteiger partial charge on any atom is 0.490 e. The third-order valence-corrected chi connectivity index (χ3v) is 5.57. The van der Waals surface area contributed by atoms with Gasteiger partial charge in [0.25, 0.3) is 12.3 Å². The van der Waals surface area contributed by atoms with Crippen molar-refractivity contribution in [3.05, 3.63) is 46.3 Å². The largest absolute Gasteiger partial charge is 0.490 e. The highest BCUT2D eigenvalue weighted by molar-refractivity contribution is 7.08. The average molecular weight is 505 g/mol. The number of nitrogens with zero attached hydrogens (tertiary/aromatic N) is 3. The molecule has 3 aromatic heterocycles. The molecule has 0 aromatic carbocycles. The van der Waals surface area contributed by atoms with E-state index in [9.17, 15) is 26.7 Å². The molecule has 0 saturated carbocycles. The number of carbonyl (C=O) groups excluding carboxylic acids is 1. The lowest BCUT2D eigenvalue weighted by Crippen LogP contribution is -2.29. The van der Waals surface area contributed by atoms with Crippen LogP contribution in [0.2, 0.25) is 0 Å². The minimum absolute atomic E-state index is 0.143. The Balaban J connectivity index is 0.000000406. The highest BCUT2D eigenvalue weighted by Crippen LogP contribution is 2.31. The molecule has 1 amide bonds. The number of alkyl halides is 5. The topological polar surface area (TPSA) is 99.0 Å². The number of thiophene rings is 1. The summed E-state index contributed by atoms with van der Waals surface area (Å²) in [5, 5.41) is 20.5. The smallest absolute Gasteiger partial charge is 0.475 e. The fourth-order valence-corrected chi connectivity index (χ4v) is 3.93. The number of anilines is 2. The molecule has 184 valence electrons. The van der Waals surface area contributed by atoms with Crippen LogP contribution in [0.15, 0.2) is 35.0 Å². The van der Waals surface area contributed by atoms with E-state index in [2.05, 4.69) is 20.6 Å². The predicted octanol–water partition coefficient (Wildman–Crippen LogP) is 4.02. The molecule has 0 aliphatic carbocycles. The third kappa shape index (κ3) is 6.20. The highest BCUT2D eigenvalue weighted by Gasteiger charge is 2.38. The van der Waals surface area contributed by atoms with Gasteiger partial charge in [-0.2, -0.15) is 13.2 Å². The number of amides is 1. The van der Waals surface area contributed by atoms with E-state index < -0.39 is 24.5 Å². The van der Waals surface area contributed by atoms with E-state index in [-0.39, 0.29) is 11.3 Å². The van der Waals surface area contributed by atoms with Gasteiger partial charge in [-0.25, -0.2) is 18.1 Å². The van der Waals surface area contributed by atoms with Crippen molar-refractivity contribution >= 4 is 40.2 Å². The molecule has 1 aliphatic heterocycles. The lowest BCUT2D eigenvalue weighted by molar-refractivity contribution is -0.192. The first-order valence-electron chi connectivity index (χ1n) is 9.98. The molecule has 3 N–H and O–H groups in total. The van der Waals surface area contributed by atoms with Crippen LogP contribution in [-0.2, 0) is 4.79 Å². The lowest BCUT2D eigenvalue weighted by Gasteiger charge is -2.21. The first-order chi connectivity index (χ1) is 16.1. The molecule has 1 aliphatic rings.